The van der Waals surface area contributed by atoms with Crippen LogP contribution in [0.3, 0.4) is 0 Å². The van der Waals surface area contributed by atoms with Crippen LogP contribution >= 0.6 is 23.1 Å². The van der Waals surface area contributed by atoms with Crippen molar-refractivity contribution in [2.75, 3.05) is 19.5 Å². The van der Waals surface area contributed by atoms with E-state index >= 15 is 0 Å². The van der Waals surface area contributed by atoms with Gasteiger partial charge in [0.05, 0.1) is 24.3 Å². The van der Waals surface area contributed by atoms with Gasteiger partial charge in [-0.05, 0) is 49.5 Å². The van der Waals surface area contributed by atoms with Crippen LogP contribution in [0.2, 0.25) is 0 Å². The number of methoxy groups -OCH3 is 1. The maximum atomic E-state index is 13.4. The fourth-order valence-electron chi connectivity index (χ4n) is 4.87. The van der Waals surface area contributed by atoms with E-state index in [1.165, 1.54) is 41.5 Å². The number of thiophene rings is 1. The van der Waals surface area contributed by atoms with Gasteiger partial charge >= 0.3 is 0 Å². The van der Waals surface area contributed by atoms with Crippen molar-refractivity contribution in [3.05, 3.63) is 20.8 Å². The maximum Gasteiger partial charge on any atom is 0.263 e. The summed E-state index contributed by atoms with van der Waals surface area (Å²) in [5.74, 6) is 1.43. The molecule has 2 heterocycles. The molecule has 1 amide bonds. The van der Waals surface area contributed by atoms with Gasteiger partial charge in [0.15, 0.2) is 5.16 Å². The number of ether oxygens (including phenoxy) is 1. The van der Waals surface area contributed by atoms with E-state index in [1.807, 2.05) is 0 Å². The summed E-state index contributed by atoms with van der Waals surface area (Å²) in [6.45, 7) is 5.39. The van der Waals surface area contributed by atoms with Crippen molar-refractivity contribution in [1.29, 1.82) is 0 Å². The Morgan fingerprint density at radius 2 is 2.06 bits per heavy atom. The minimum absolute atomic E-state index is 0.0130. The molecule has 2 aromatic heterocycles. The van der Waals surface area contributed by atoms with E-state index in [0.717, 1.165) is 35.9 Å². The normalized spacial score (nSPS) is 23.6. The molecule has 0 unspecified atom stereocenters. The van der Waals surface area contributed by atoms with Gasteiger partial charge in [0.25, 0.3) is 5.56 Å². The lowest BCUT2D eigenvalue weighted by atomic mass is 9.78. The van der Waals surface area contributed by atoms with Crippen molar-refractivity contribution in [3.63, 3.8) is 0 Å². The highest BCUT2D eigenvalue weighted by Crippen LogP contribution is 2.35. The van der Waals surface area contributed by atoms with Crippen molar-refractivity contribution in [2.24, 2.45) is 11.8 Å². The number of hydrogen-bond acceptors (Lipinski definition) is 6. The van der Waals surface area contributed by atoms with Gasteiger partial charge < -0.3 is 10.1 Å². The second kappa shape index (κ2) is 10.0. The molecule has 31 heavy (non-hydrogen) atoms. The lowest BCUT2D eigenvalue weighted by molar-refractivity contribution is -0.120. The van der Waals surface area contributed by atoms with E-state index < -0.39 is 0 Å². The lowest BCUT2D eigenvalue weighted by Gasteiger charge is -2.34. The van der Waals surface area contributed by atoms with E-state index in [9.17, 15) is 9.59 Å². The second-order valence-corrected chi connectivity index (χ2v) is 11.0. The van der Waals surface area contributed by atoms with Crippen LogP contribution in [0.1, 0.15) is 56.4 Å². The zero-order valence-corrected chi connectivity index (χ0v) is 20.4. The van der Waals surface area contributed by atoms with Crippen LogP contribution in [0.25, 0.3) is 10.2 Å². The third-order valence-corrected chi connectivity index (χ3v) is 9.11. The first-order valence-corrected chi connectivity index (χ1v) is 13.3. The number of thioether (sulfide) groups is 1. The molecule has 6 nitrogen and oxygen atoms in total. The second-order valence-electron chi connectivity index (χ2n) is 8.97. The quantitative estimate of drug-likeness (QED) is 0.496. The molecule has 0 bridgehead atoms. The average molecular weight is 464 g/mol. The summed E-state index contributed by atoms with van der Waals surface area (Å²) in [5.41, 5.74) is 1.21. The Hall–Kier alpha value is -1.38. The van der Waals surface area contributed by atoms with Crippen LogP contribution in [0, 0.1) is 11.8 Å². The number of amides is 1. The third kappa shape index (κ3) is 4.86. The molecule has 2 aliphatic rings. The molecule has 170 valence electrons. The number of carbonyl (C=O) groups is 1. The predicted molar refractivity (Wildman–Crippen MR) is 127 cm³/mol. The Morgan fingerprint density at radius 1 is 1.26 bits per heavy atom. The van der Waals surface area contributed by atoms with E-state index in [0.29, 0.717) is 30.1 Å². The summed E-state index contributed by atoms with van der Waals surface area (Å²) in [4.78, 5) is 33.1. The molecule has 1 saturated carbocycles. The smallest absolute Gasteiger partial charge is 0.263 e. The summed E-state index contributed by atoms with van der Waals surface area (Å²) < 4.78 is 6.94. The SMILES string of the molecule is COCCn1c(SCC(=O)N[C@@H]2CCC[C@H](C)[C@@H]2C)nc2sc3c(c2c1=O)CCCC3. The van der Waals surface area contributed by atoms with Gasteiger partial charge in [0.1, 0.15) is 4.83 Å². The largest absolute Gasteiger partial charge is 0.383 e. The minimum Gasteiger partial charge on any atom is -0.383 e. The first-order chi connectivity index (χ1) is 15.0. The zero-order valence-electron chi connectivity index (χ0n) is 18.7. The zero-order chi connectivity index (χ0) is 22.0. The Labute approximate surface area is 192 Å². The van der Waals surface area contributed by atoms with Gasteiger partial charge in [0.2, 0.25) is 5.91 Å². The summed E-state index contributed by atoms with van der Waals surface area (Å²) in [7, 11) is 1.63. The average Bonchev–Trinajstić information content (AvgIpc) is 3.13. The molecule has 2 aliphatic carbocycles. The lowest BCUT2D eigenvalue weighted by Crippen LogP contribution is -2.44. The van der Waals surface area contributed by atoms with Crippen molar-refractivity contribution in [1.82, 2.24) is 14.9 Å². The third-order valence-electron chi connectivity index (χ3n) is 6.94. The molecule has 0 spiro atoms. The summed E-state index contributed by atoms with van der Waals surface area (Å²) in [5, 5.41) is 4.63. The molecule has 4 rings (SSSR count). The molecule has 0 aliphatic heterocycles. The predicted octanol–water partition coefficient (Wildman–Crippen LogP) is 4.02. The van der Waals surface area contributed by atoms with E-state index in [2.05, 4.69) is 19.2 Å². The van der Waals surface area contributed by atoms with Crippen molar-refractivity contribution in [2.45, 2.75) is 76.5 Å². The molecule has 0 aromatic carbocycles. The molecule has 0 saturated heterocycles. The summed E-state index contributed by atoms with van der Waals surface area (Å²) in [6, 6.07) is 0.243. The van der Waals surface area contributed by atoms with E-state index in [-0.39, 0.29) is 23.3 Å². The summed E-state index contributed by atoms with van der Waals surface area (Å²) in [6.07, 6.45) is 7.76. The number of nitrogens with zero attached hydrogens (tertiary/aromatic N) is 2. The van der Waals surface area contributed by atoms with Crippen LogP contribution in [-0.4, -0.2) is 41.0 Å². The van der Waals surface area contributed by atoms with E-state index in [1.54, 1.807) is 23.0 Å². The van der Waals surface area contributed by atoms with Gasteiger partial charge in [-0.2, -0.15) is 0 Å². The highest BCUT2D eigenvalue weighted by molar-refractivity contribution is 7.99. The topological polar surface area (TPSA) is 73.2 Å². The van der Waals surface area contributed by atoms with Crippen LogP contribution in [0.5, 0.6) is 0 Å². The standard InChI is InChI=1S/C23H33N3O3S2/c1-14-7-6-9-17(15(14)2)24-19(27)13-30-23-25-21-20(22(28)26(23)11-12-29-3)16-8-4-5-10-18(16)31-21/h14-15,17H,4-13H2,1-3H3,(H,24,27)/t14-,15-,17+/m0/s1. The molecular weight excluding hydrogens is 430 g/mol. The van der Waals surface area contributed by atoms with Crippen molar-refractivity contribution in [3.8, 4) is 0 Å². The Morgan fingerprint density at radius 3 is 2.87 bits per heavy atom. The molecule has 8 heteroatoms. The van der Waals surface area contributed by atoms with Gasteiger partial charge in [-0.1, -0.05) is 38.5 Å². The maximum absolute atomic E-state index is 13.4. The first kappa shape index (κ1) is 22.8. The first-order valence-electron chi connectivity index (χ1n) is 11.5. The van der Waals surface area contributed by atoms with Crippen LogP contribution in [0.15, 0.2) is 9.95 Å². The number of aryl methyl sites for hydroxylation is 2. The van der Waals surface area contributed by atoms with Gasteiger partial charge in [-0.15, -0.1) is 11.3 Å². The molecule has 2 aromatic rings. The molecular formula is C23H33N3O3S2. The highest BCUT2D eigenvalue weighted by atomic mass is 32.2. The number of fused-ring (bicyclic) bond motifs is 3. The minimum atomic E-state index is 0.0130. The Kier molecular flexibility index (Phi) is 7.39. The van der Waals surface area contributed by atoms with E-state index in [4.69, 9.17) is 9.72 Å². The van der Waals surface area contributed by atoms with Gasteiger partial charge in [-0.25, -0.2) is 4.98 Å². The summed E-state index contributed by atoms with van der Waals surface area (Å²) >= 11 is 3.02. The molecule has 1 fully saturated rings. The number of nitrogens with one attached hydrogen (secondary N) is 1. The van der Waals surface area contributed by atoms with Gasteiger partial charge in [-0.3, -0.25) is 14.2 Å². The monoisotopic (exact) mass is 463 g/mol. The Balaban J connectivity index is 1.54. The molecule has 3 atom stereocenters. The number of carbonyl (C=O) groups excluding carboxylic acids is 1. The number of rotatable bonds is 7. The molecule has 1 N–H and O–H groups in total. The van der Waals surface area contributed by atoms with Crippen LogP contribution in [0.4, 0.5) is 0 Å². The Bertz CT molecular complexity index is 1000. The van der Waals surface area contributed by atoms with Crippen molar-refractivity contribution < 1.29 is 9.53 Å². The number of hydrogen-bond donors (Lipinski definition) is 1. The van der Waals surface area contributed by atoms with Gasteiger partial charge in [0, 0.05) is 18.0 Å². The van der Waals surface area contributed by atoms with Crippen molar-refractivity contribution >= 4 is 39.2 Å². The van der Waals surface area contributed by atoms with Crippen LogP contribution < -0.4 is 10.9 Å². The van der Waals surface area contributed by atoms with Crippen LogP contribution in [-0.2, 0) is 28.9 Å². The fraction of sp³-hybridized carbons (Fsp3) is 0.696. The molecule has 0 radical (unpaired) electrons. The fourth-order valence-corrected chi connectivity index (χ4v) is 7.01. The number of aromatic nitrogens is 2. The highest BCUT2D eigenvalue weighted by Gasteiger charge is 2.28.